The SMILES string of the molecule is COC(=O)NC(=O)NCc1ccc(SC)cc1. The van der Waals surface area contributed by atoms with Gasteiger partial charge in [0, 0.05) is 11.4 Å². The highest BCUT2D eigenvalue weighted by atomic mass is 32.2. The fourth-order valence-electron chi connectivity index (χ4n) is 1.11. The number of carbonyl (C=O) groups excluding carboxylic acids is 2. The van der Waals surface area contributed by atoms with E-state index < -0.39 is 12.1 Å². The Kier molecular flexibility index (Phi) is 5.35. The topological polar surface area (TPSA) is 67.4 Å². The lowest BCUT2D eigenvalue weighted by atomic mass is 10.2. The van der Waals surface area contributed by atoms with Gasteiger partial charge in [-0.05, 0) is 24.0 Å². The Labute approximate surface area is 104 Å². The maximum absolute atomic E-state index is 11.2. The number of benzene rings is 1. The molecule has 0 fully saturated rings. The van der Waals surface area contributed by atoms with Crippen LogP contribution in [0.5, 0.6) is 0 Å². The molecule has 1 rings (SSSR count). The highest BCUT2D eigenvalue weighted by molar-refractivity contribution is 7.98. The summed E-state index contributed by atoms with van der Waals surface area (Å²) in [7, 11) is 1.20. The van der Waals surface area contributed by atoms with Crippen molar-refractivity contribution in [2.75, 3.05) is 13.4 Å². The summed E-state index contributed by atoms with van der Waals surface area (Å²) in [6, 6.07) is 7.21. The molecule has 0 saturated carbocycles. The number of carbonyl (C=O) groups is 2. The van der Waals surface area contributed by atoms with Crippen molar-refractivity contribution < 1.29 is 14.3 Å². The largest absolute Gasteiger partial charge is 0.453 e. The van der Waals surface area contributed by atoms with Crippen LogP contribution in [-0.2, 0) is 11.3 Å². The van der Waals surface area contributed by atoms with E-state index in [0.717, 1.165) is 10.5 Å². The zero-order valence-electron chi connectivity index (χ0n) is 9.65. The summed E-state index contributed by atoms with van der Waals surface area (Å²) >= 11 is 1.65. The monoisotopic (exact) mass is 254 g/mol. The zero-order chi connectivity index (χ0) is 12.7. The molecular formula is C11H14N2O3S. The third-order valence-electron chi connectivity index (χ3n) is 2.01. The van der Waals surface area contributed by atoms with Crippen LogP contribution in [0.4, 0.5) is 9.59 Å². The summed E-state index contributed by atoms with van der Waals surface area (Å²) in [4.78, 5) is 23.1. The van der Waals surface area contributed by atoms with Crippen LogP contribution in [0.3, 0.4) is 0 Å². The molecule has 0 aliphatic carbocycles. The quantitative estimate of drug-likeness (QED) is 0.809. The molecule has 3 amide bonds. The fraction of sp³-hybridized carbons (Fsp3) is 0.273. The van der Waals surface area contributed by atoms with Gasteiger partial charge in [-0.2, -0.15) is 0 Å². The Balaban J connectivity index is 2.39. The molecule has 0 aromatic heterocycles. The zero-order valence-corrected chi connectivity index (χ0v) is 10.5. The van der Waals surface area contributed by atoms with Gasteiger partial charge in [0.1, 0.15) is 0 Å². The number of urea groups is 1. The van der Waals surface area contributed by atoms with E-state index in [1.807, 2.05) is 35.8 Å². The molecule has 0 aliphatic rings. The van der Waals surface area contributed by atoms with Crippen LogP contribution in [0.1, 0.15) is 5.56 Å². The van der Waals surface area contributed by atoms with Crippen molar-refractivity contribution in [1.29, 1.82) is 0 Å². The Morgan fingerprint density at radius 3 is 2.47 bits per heavy atom. The van der Waals surface area contributed by atoms with Gasteiger partial charge in [-0.1, -0.05) is 12.1 Å². The second-order valence-electron chi connectivity index (χ2n) is 3.15. The van der Waals surface area contributed by atoms with Crippen LogP contribution in [0.15, 0.2) is 29.2 Å². The van der Waals surface area contributed by atoms with Gasteiger partial charge in [0.05, 0.1) is 7.11 Å². The van der Waals surface area contributed by atoms with Crippen molar-refractivity contribution in [1.82, 2.24) is 10.6 Å². The van der Waals surface area contributed by atoms with Crippen LogP contribution < -0.4 is 10.6 Å². The van der Waals surface area contributed by atoms with Gasteiger partial charge in [0.25, 0.3) is 0 Å². The van der Waals surface area contributed by atoms with Gasteiger partial charge < -0.3 is 10.1 Å². The van der Waals surface area contributed by atoms with Gasteiger partial charge >= 0.3 is 12.1 Å². The molecule has 0 radical (unpaired) electrons. The molecular weight excluding hydrogens is 240 g/mol. The van der Waals surface area contributed by atoms with Crippen molar-refractivity contribution in [2.45, 2.75) is 11.4 Å². The maximum Gasteiger partial charge on any atom is 0.415 e. The van der Waals surface area contributed by atoms with E-state index >= 15 is 0 Å². The van der Waals surface area contributed by atoms with E-state index in [9.17, 15) is 9.59 Å². The molecule has 0 atom stereocenters. The van der Waals surface area contributed by atoms with Crippen LogP contribution >= 0.6 is 11.8 Å². The minimum atomic E-state index is -0.778. The van der Waals surface area contributed by atoms with Crippen LogP contribution in [0.25, 0.3) is 0 Å². The first-order valence-electron chi connectivity index (χ1n) is 4.91. The number of rotatable bonds is 3. The molecule has 1 aromatic rings. The molecule has 2 N–H and O–H groups in total. The summed E-state index contributed by atoms with van der Waals surface area (Å²) < 4.78 is 4.29. The number of nitrogens with one attached hydrogen (secondary N) is 2. The lowest BCUT2D eigenvalue weighted by molar-refractivity contribution is 0.170. The molecule has 6 heteroatoms. The highest BCUT2D eigenvalue weighted by Gasteiger charge is 2.05. The van der Waals surface area contributed by atoms with Crippen LogP contribution in [-0.4, -0.2) is 25.5 Å². The lowest BCUT2D eigenvalue weighted by Crippen LogP contribution is -2.38. The predicted molar refractivity (Wildman–Crippen MR) is 66.0 cm³/mol. The van der Waals surface area contributed by atoms with Crippen molar-refractivity contribution in [3.8, 4) is 0 Å². The predicted octanol–water partition coefficient (Wildman–Crippen LogP) is 1.97. The summed E-state index contributed by atoms with van der Waals surface area (Å²) in [5, 5.41) is 4.55. The molecule has 0 heterocycles. The van der Waals surface area contributed by atoms with Gasteiger partial charge in [0.15, 0.2) is 0 Å². The van der Waals surface area contributed by atoms with Crippen molar-refractivity contribution >= 4 is 23.9 Å². The summed E-state index contributed by atoms with van der Waals surface area (Å²) in [6.45, 7) is 0.359. The first-order chi connectivity index (χ1) is 8.15. The number of amides is 3. The third kappa shape index (κ3) is 4.78. The fourth-order valence-corrected chi connectivity index (χ4v) is 1.52. The van der Waals surface area contributed by atoms with E-state index in [1.54, 1.807) is 11.8 Å². The smallest absolute Gasteiger partial charge is 0.415 e. The Morgan fingerprint density at radius 1 is 1.29 bits per heavy atom. The van der Waals surface area contributed by atoms with E-state index in [2.05, 4.69) is 10.1 Å². The molecule has 0 spiro atoms. The van der Waals surface area contributed by atoms with Gasteiger partial charge in [-0.25, -0.2) is 14.9 Å². The molecule has 0 saturated heterocycles. The van der Waals surface area contributed by atoms with E-state index in [4.69, 9.17) is 0 Å². The first-order valence-corrected chi connectivity index (χ1v) is 6.14. The van der Waals surface area contributed by atoms with Crippen LogP contribution in [0, 0.1) is 0 Å². The molecule has 0 unspecified atom stereocenters. The Hall–Kier alpha value is -1.69. The van der Waals surface area contributed by atoms with E-state index in [1.165, 1.54) is 7.11 Å². The number of imide groups is 1. The van der Waals surface area contributed by atoms with E-state index in [-0.39, 0.29) is 0 Å². The van der Waals surface area contributed by atoms with Crippen molar-refractivity contribution in [3.05, 3.63) is 29.8 Å². The average molecular weight is 254 g/mol. The Morgan fingerprint density at radius 2 is 1.94 bits per heavy atom. The summed E-state index contributed by atoms with van der Waals surface area (Å²) in [6.07, 6.45) is 1.22. The lowest BCUT2D eigenvalue weighted by Gasteiger charge is -2.06. The van der Waals surface area contributed by atoms with E-state index in [0.29, 0.717) is 6.54 Å². The number of ether oxygens (including phenoxy) is 1. The van der Waals surface area contributed by atoms with Gasteiger partial charge in [-0.3, -0.25) is 0 Å². The van der Waals surface area contributed by atoms with Crippen LogP contribution in [0.2, 0.25) is 0 Å². The first kappa shape index (κ1) is 13.4. The minimum Gasteiger partial charge on any atom is -0.453 e. The maximum atomic E-state index is 11.2. The molecule has 5 nitrogen and oxygen atoms in total. The number of hydrogen-bond donors (Lipinski definition) is 2. The molecule has 0 bridgehead atoms. The Bertz CT molecular complexity index is 392. The van der Waals surface area contributed by atoms with Crippen molar-refractivity contribution in [3.63, 3.8) is 0 Å². The number of methoxy groups -OCH3 is 1. The second-order valence-corrected chi connectivity index (χ2v) is 4.03. The minimum absolute atomic E-state index is 0.359. The van der Waals surface area contributed by atoms with Gasteiger partial charge in [-0.15, -0.1) is 11.8 Å². The molecule has 1 aromatic carbocycles. The number of hydrogen-bond acceptors (Lipinski definition) is 4. The number of alkyl carbamates (subject to hydrolysis) is 1. The third-order valence-corrected chi connectivity index (χ3v) is 2.76. The summed E-state index contributed by atoms with van der Waals surface area (Å²) in [5.74, 6) is 0. The van der Waals surface area contributed by atoms with Crippen molar-refractivity contribution in [2.24, 2.45) is 0 Å². The normalized spacial score (nSPS) is 9.53. The van der Waals surface area contributed by atoms with Gasteiger partial charge in [0.2, 0.25) is 0 Å². The standard InChI is InChI=1S/C11H14N2O3S/c1-16-11(15)13-10(14)12-7-8-3-5-9(17-2)6-4-8/h3-6H,7H2,1-2H3,(H2,12,13,14,15). The average Bonchev–Trinajstić information content (AvgIpc) is 2.36. The number of thioether (sulfide) groups is 1. The molecule has 0 aliphatic heterocycles. The highest BCUT2D eigenvalue weighted by Crippen LogP contribution is 2.14. The molecule has 17 heavy (non-hydrogen) atoms. The summed E-state index contributed by atoms with van der Waals surface area (Å²) in [5.41, 5.74) is 0.961. The molecule has 92 valence electrons. The second kappa shape index (κ2) is 6.80.